The van der Waals surface area contributed by atoms with Gasteiger partial charge in [-0.2, -0.15) is 13.2 Å². The highest BCUT2D eigenvalue weighted by Gasteiger charge is 2.68. The standard InChI is InChI=1S/C18H12F3N5O4S/c19-18(20,21)17(25-13(27)10-4-2-6-31-10)11-12(23-15(17)29)26(16(30)24-14(11)28)8-9-3-1-5-22-7-9/h1-7H,8H2,(H,23,29)(H,25,27)(H,24,28,30). The molecule has 1 unspecified atom stereocenters. The average Bonchev–Trinajstić information content (AvgIpc) is 3.33. The van der Waals surface area contributed by atoms with Crippen LogP contribution in [0.3, 0.4) is 0 Å². The summed E-state index contributed by atoms with van der Waals surface area (Å²) in [6.07, 6.45) is -2.56. The monoisotopic (exact) mass is 451 g/mol. The van der Waals surface area contributed by atoms with Gasteiger partial charge in [0.2, 0.25) is 0 Å². The molecule has 31 heavy (non-hydrogen) atoms. The van der Waals surface area contributed by atoms with Gasteiger partial charge in [-0.25, -0.2) is 4.79 Å². The fourth-order valence-electron chi connectivity index (χ4n) is 3.29. The molecule has 3 aromatic rings. The normalized spacial score (nSPS) is 17.8. The average molecular weight is 451 g/mol. The quantitative estimate of drug-likeness (QED) is 0.549. The first-order valence-electron chi connectivity index (χ1n) is 8.66. The van der Waals surface area contributed by atoms with Crippen LogP contribution in [0, 0.1) is 0 Å². The summed E-state index contributed by atoms with van der Waals surface area (Å²) < 4.78 is 43.6. The highest BCUT2D eigenvalue weighted by molar-refractivity contribution is 7.12. The second kappa shape index (κ2) is 7.19. The molecule has 0 fully saturated rings. The van der Waals surface area contributed by atoms with Crippen molar-refractivity contribution in [2.75, 3.05) is 5.32 Å². The lowest BCUT2D eigenvalue weighted by Gasteiger charge is -2.29. The van der Waals surface area contributed by atoms with Gasteiger partial charge in [0.25, 0.3) is 22.9 Å². The van der Waals surface area contributed by atoms with E-state index in [2.05, 4.69) is 4.98 Å². The lowest BCUT2D eigenvalue weighted by molar-refractivity contribution is -0.196. The van der Waals surface area contributed by atoms with Gasteiger partial charge in [0.1, 0.15) is 11.4 Å². The fourth-order valence-corrected chi connectivity index (χ4v) is 3.91. The van der Waals surface area contributed by atoms with Gasteiger partial charge in [-0.05, 0) is 23.1 Å². The van der Waals surface area contributed by atoms with Crippen LogP contribution >= 0.6 is 11.3 Å². The number of fused-ring (bicyclic) bond motifs is 1. The number of halogens is 3. The number of anilines is 1. The predicted octanol–water partition coefficient (Wildman–Crippen LogP) is 1.18. The number of alkyl halides is 3. The van der Waals surface area contributed by atoms with Gasteiger partial charge in [-0.15, -0.1) is 11.3 Å². The number of aromatic amines is 1. The van der Waals surface area contributed by atoms with E-state index >= 15 is 0 Å². The summed E-state index contributed by atoms with van der Waals surface area (Å²) >= 11 is 0.859. The van der Waals surface area contributed by atoms with E-state index in [1.165, 1.54) is 29.9 Å². The number of pyridine rings is 1. The number of hydrogen-bond acceptors (Lipinski definition) is 6. The van der Waals surface area contributed by atoms with Crippen molar-refractivity contribution >= 4 is 29.0 Å². The van der Waals surface area contributed by atoms with Gasteiger partial charge in [-0.1, -0.05) is 12.1 Å². The highest BCUT2D eigenvalue weighted by Crippen LogP contribution is 2.45. The zero-order valence-electron chi connectivity index (χ0n) is 15.3. The molecule has 0 aliphatic carbocycles. The Hall–Kier alpha value is -3.74. The number of nitrogens with zero attached hydrogens (tertiary/aromatic N) is 2. The van der Waals surface area contributed by atoms with Crippen LogP contribution in [0.25, 0.3) is 0 Å². The Morgan fingerprint density at radius 1 is 1.23 bits per heavy atom. The molecule has 3 aromatic heterocycles. The van der Waals surface area contributed by atoms with Crippen LogP contribution in [0.2, 0.25) is 0 Å². The van der Waals surface area contributed by atoms with Crippen molar-refractivity contribution in [3.05, 3.63) is 78.9 Å². The molecule has 4 rings (SSSR count). The Bertz CT molecular complexity index is 1280. The third-order valence-electron chi connectivity index (χ3n) is 4.68. The molecule has 4 heterocycles. The Morgan fingerprint density at radius 2 is 2.00 bits per heavy atom. The van der Waals surface area contributed by atoms with Crippen molar-refractivity contribution in [2.45, 2.75) is 18.3 Å². The van der Waals surface area contributed by atoms with Crippen molar-refractivity contribution in [1.29, 1.82) is 0 Å². The number of hydrogen-bond donors (Lipinski definition) is 3. The van der Waals surface area contributed by atoms with Crippen LogP contribution in [0.5, 0.6) is 0 Å². The van der Waals surface area contributed by atoms with Crippen LogP contribution in [0.15, 0.2) is 51.6 Å². The van der Waals surface area contributed by atoms with Gasteiger partial charge in [0.05, 0.1) is 11.4 Å². The summed E-state index contributed by atoms with van der Waals surface area (Å²) in [7, 11) is 0. The zero-order valence-corrected chi connectivity index (χ0v) is 16.1. The van der Waals surface area contributed by atoms with Gasteiger partial charge in [0, 0.05) is 12.4 Å². The minimum atomic E-state index is -5.39. The fraction of sp³-hybridized carbons (Fsp3) is 0.167. The third-order valence-corrected chi connectivity index (χ3v) is 5.55. The van der Waals surface area contributed by atoms with Crippen molar-refractivity contribution < 1.29 is 22.8 Å². The molecule has 0 aromatic carbocycles. The van der Waals surface area contributed by atoms with E-state index in [9.17, 15) is 32.3 Å². The molecule has 1 aliphatic rings. The smallest absolute Gasteiger partial charge is 0.326 e. The maximum Gasteiger partial charge on any atom is 0.425 e. The molecule has 13 heteroatoms. The lowest BCUT2D eigenvalue weighted by Crippen LogP contribution is -2.62. The van der Waals surface area contributed by atoms with E-state index in [0.717, 1.165) is 15.9 Å². The number of carbonyl (C=O) groups excluding carboxylic acids is 2. The van der Waals surface area contributed by atoms with Crippen LogP contribution in [0.4, 0.5) is 19.0 Å². The highest BCUT2D eigenvalue weighted by atomic mass is 32.1. The molecule has 0 saturated carbocycles. The first-order chi connectivity index (χ1) is 14.6. The summed E-state index contributed by atoms with van der Waals surface area (Å²) in [5.74, 6) is -3.54. The maximum absolute atomic E-state index is 14.3. The van der Waals surface area contributed by atoms with E-state index in [1.807, 2.05) is 5.32 Å². The summed E-state index contributed by atoms with van der Waals surface area (Å²) in [4.78, 5) is 55.5. The molecular weight excluding hydrogens is 439 g/mol. The minimum absolute atomic E-state index is 0.0926. The van der Waals surface area contributed by atoms with Crippen LogP contribution in [-0.4, -0.2) is 32.5 Å². The molecule has 1 aliphatic heterocycles. The minimum Gasteiger partial charge on any atom is -0.326 e. The number of carbonyl (C=O) groups is 2. The second-order valence-corrected chi connectivity index (χ2v) is 7.51. The summed E-state index contributed by atoms with van der Waals surface area (Å²) in [5.41, 5.74) is -6.83. The largest absolute Gasteiger partial charge is 0.425 e. The molecule has 2 amide bonds. The van der Waals surface area contributed by atoms with Crippen molar-refractivity contribution in [3.63, 3.8) is 0 Å². The Labute approximate surface area is 174 Å². The number of amides is 2. The molecule has 160 valence electrons. The molecular formula is C18H12F3N5O4S. The molecule has 9 nitrogen and oxygen atoms in total. The SMILES string of the molecule is O=C(NC1(C(F)(F)F)C(=O)Nc2c1c(=O)[nH]c(=O)n2Cc1cccnc1)c1cccs1. The molecule has 0 bridgehead atoms. The van der Waals surface area contributed by atoms with Crippen LogP contribution in [-0.2, 0) is 16.9 Å². The van der Waals surface area contributed by atoms with Crippen LogP contribution < -0.4 is 21.9 Å². The molecule has 0 saturated heterocycles. The number of thiophene rings is 1. The van der Waals surface area contributed by atoms with E-state index in [4.69, 9.17) is 0 Å². The van der Waals surface area contributed by atoms with Gasteiger partial charge in [-0.3, -0.25) is 28.9 Å². The molecule has 0 spiro atoms. The Kier molecular flexibility index (Phi) is 4.76. The van der Waals surface area contributed by atoms with Gasteiger partial charge in [0.15, 0.2) is 0 Å². The topological polar surface area (TPSA) is 126 Å². The van der Waals surface area contributed by atoms with Crippen molar-refractivity contribution in [2.24, 2.45) is 0 Å². The van der Waals surface area contributed by atoms with Gasteiger partial charge >= 0.3 is 11.9 Å². The number of aromatic nitrogens is 3. The molecule has 3 N–H and O–H groups in total. The van der Waals surface area contributed by atoms with Gasteiger partial charge < -0.3 is 10.6 Å². The first kappa shape index (κ1) is 20.5. The van der Waals surface area contributed by atoms with Crippen molar-refractivity contribution in [1.82, 2.24) is 19.9 Å². The summed E-state index contributed by atoms with van der Waals surface area (Å²) in [5, 5.41) is 5.12. The van der Waals surface area contributed by atoms with E-state index in [0.29, 0.717) is 5.56 Å². The summed E-state index contributed by atoms with van der Waals surface area (Å²) in [6, 6.07) is 5.82. The zero-order chi connectivity index (χ0) is 22.4. The number of nitrogens with one attached hydrogen (secondary N) is 3. The second-order valence-electron chi connectivity index (χ2n) is 6.56. The Balaban J connectivity index is 1.92. The Morgan fingerprint density at radius 3 is 2.61 bits per heavy atom. The first-order valence-corrected chi connectivity index (χ1v) is 9.54. The maximum atomic E-state index is 14.3. The molecule has 1 atom stereocenters. The van der Waals surface area contributed by atoms with E-state index in [-0.39, 0.29) is 11.4 Å². The molecule has 0 radical (unpaired) electrons. The van der Waals surface area contributed by atoms with E-state index < -0.39 is 46.2 Å². The van der Waals surface area contributed by atoms with E-state index in [1.54, 1.807) is 22.4 Å². The lowest BCUT2D eigenvalue weighted by atomic mass is 9.92. The van der Waals surface area contributed by atoms with Crippen molar-refractivity contribution in [3.8, 4) is 0 Å². The van der Waals surface area contributed by atoms with Crippen LogP contribution in [0.1, 0.15) is 20.8 Å². The number of H-pyrrole nitrogens is 1. The predicted molar refractivity (Wildman–Crippen MR) is 103 cm³/mol. The number of rotatable bonds is 4. The summed E-state index contributed by atoms with van der Waals surface area (Å²) in [6.45, 7) is -0.279. The third kappa shape index (κ3) is 3.22.